The summed E-state index contributed by atoms with van der Waals surface area (Å²) in [6.07, 6.45) is 1.91. The number of unbranched alkanes of at least 4 members (excludes halogenated alkanes) is 3. The summed E-state index contributed by atoms with van der Waals surface area (Å²) in [6.45, 7) is 0.391. The average Bonchev–Trinajstić information content (AvgIpc) is 3.10. The van der Waals surface area contributed by atoms with Gasteiger partial charge in [-0.2, -0.15) is 10.6 Å². The number of carbonyl (C=O) groups is 3. The molecule has 0 saturated heterocycles. The maximum atomic E-state index is 12.0. The van der Waals surface area contributed by atoms with Crippen molar-refractivity contribution < 1.29 is 52.3 Å². The molecule has 0 fully saturated rings. The van der Waals surface area contributed by atoms with Crippen LogP contribution in [-0.2, 0) is 29.4 Å². The molecule has 0 heterocycles. The lowest BCUT2D eigenvalue weighted by molar-refractivity contribution is -0.147. The van der Waals surface area contributed by atoms with E-state index in [1.54, 1.807) is 14.2 Å². The van der Waals surface area contributed by atoms with Crippen LogP contribution in [0.1, 0.15) is 55.2 Å². The maximum Gasteiger partial charge on any atom is 0.407 e. The Labute approximate surface area is 289 Å². The quantitative estimate of drug-likeness (QED) is 0.0515. The van der Waals surface area contributed by atoms with Gasteiger partial charge >= 0.3 is 18.0 Å². The molecule has 3 aromatic carbocycles. The van der Waals surface area contributed by atoms with Crippen molar-refractivity contribution in [3.05, 3.63) is 95.6 Å². The fourth-order valence-electron chi connectivity index (χ4n) is 5.06. The van der Waals surface area contributed by atoms with Crippen molar-refractivity contribution in [2.24, 2.45) is 0 Å². The van der Waals surface area contributed by atoms with Crippen LogP contribution in [-0.4, -0.2) is 84.3 Å². The first-order chi connectivity index (χ1) is 23.6. The van der Waals surface area contributed by atoms with E-state index in [-0.39, 0.29) is 37.6 Å². The normalized spacial score (nSPS) is 11.8. The van der Waals surface area contributed by atoms with Crippen LogP contribution in [0, 0.1) is 0 Å². The predicted octanol–water partition coefficient (Wildman–Crippen LogP) is 6.46. The number of hydrogen-bond acceptors (Lipinski definition) is 10. The Bertz CT molecular complexity index is 1390. The molecule has 0 aliphatic rings. The number of rotatable bonds is 22. The number of nitrogens with one attached hydrogen (secondary N) is 1. The van der Waals surface area contributed by atoms with Gasteiger partial charge in [-0.05, 0) is 53.8 Å². The van der Waals surface area contributed by atoms with Crippen LogP contribution < -0.4 is 14.8 Å². The van der Waals surface area contributed by atoms with E-state index >= 15 is 0 Å². The minimum atomic E-state index is -3.13. The zero-order valence-corrected chi connectivity index (χ0v) is 28.8. The lowest BCUT2D eigenvalue weighted by Gasteiger charge is -2.36. The first-order valence-electron chi connectivity index (χ1n) is 16.1. The number of hydrogen-bond donors (Lipinski definition) is 4. The first kappa shape index (κ1) is 39.1. The Kier molecular flexibility index (Phi) is 16.2. The molecule has 0 aliphatic heterocycles. The summed E-state index contributed by atoms with van der Waals surface area (Å²) in [5.41, 5.74) is 2.04. The van der Waals surface area contributed by atoms with Gasteiger partial charge in [0.2, 0.25) is 0 Å². The Morgan fingerprint density at radius 1 is 0.673 bits per heavy atom. The summed E-state index contributed by atoms with van der Waals surface area (Å²) in [4.78, 5) is 34.0. The first-order valence-corrected chi connectivity index (χ1v) is 18.0. The highest BCUT2D eigenvalue weighted by Crippen LogP contribution is 2.42. The van der Waals surface area contributed by atoms with Gasteiger partial charge in [0.15, 0.2) is 0 Å². The molecule has 1 amide bonds. The average molecular weight is 702 g/mol. The van der Waals surface area contributed by atoms with Crippen molar-refractivity contribution >= 4 is 28.6 Å². The Hall–Kier alpha value is -4.30. The molecule has 49 heavy (non-hydrogen) atoms. The van der Waals surface area contributed by atoms with E-state index in [0.717, 1.165) is 53.9 Å². The van der Waals surface area contributed by atoms with E-state index in [1.165, 1.54) is 0 Å². The number of ether oxygens (including phenoxy) is 5. The van der Waals surface area contributed by atoms with Crippen molar-refractivity contribution in [1.29, 1.82) is 0 Å². The number of carboxylic acids is 1. The van der Waals surface area contributed by atoms with Crippen LogP contribution in [0.5, 0.6) is 11.5 Å². The van der Waals surface area contributed by atoms with E-state index in [1.807, 2.05) is 66.7 Å². The SMILES string of the molecule is COc1ccc(C(OCCCCCCNC(=O)OCCS(O)(O)CCOC(=O)CCC(=O)O)(c2ccccc2)c2ccc(OC)cc2)cc1. The molecule has 3 aromatic rings. The predicted molar refractivity (Wildman–Crippen MR) is 186 cm³/mol. The molecule has 12 nitrogen and oxygen atoms in total. The van der Waals surface area contributed by atoms with Gasteiger partial charge in [0.05, 0.1) is 38.6 Å². The molecular formula is C36H47NO11S. The molecule has 0 aliphatic carbocycles. The smallest absolute Gasteiger partial charge is 0.407 e. The van der Waals surface area contributed by atoms with Gasteiger partial charge in [0.25, 0.3) is 0 Å². The third-order valence-corrected chi connectivity index (χ3v) is 9.33. The third kappa shape index (κ3) is 12.9. The molecule has 0 bridgehead atoms. The lowest BCUT2D eigenvalue weighted by Crippen LogP contribution is -2.33. The van der Waals surface area contributed by atoms with Gasteiger partial charge < -0.3 is 34.1 Å². The number of methoxy groups -OCH3 is 2. The van der Waals surface area contributed by atoms with E-state index in [4.69, 9.17) is 28.8 Å². The minimum Gasteiger partial charge on any atom is -0.497 e. The summed E-state index contributed by atoms with van der Waals surface area (Å²) >= 11 is 0. The second-order valence-corrected chi connectivity index (χ2v) is 13.6. The lowest BCUT2D eigenvalue weighted by atomic mass is 9.80. The summed E-state index contributed by atoms with van der Waals surface area (Å²) < 4.78 is 47.7. The summed E-state index contributed by atoms with van der Waals surface area (Å²) in [5, 5.41) is 11.2. The summed E-state index contributed by atoms with van der Waals surface area (Å²) in [7, 11) is 0.139. The molecule has 0 atom stereocenters. The van der Waals surface area contributed by atoms with Gasteiger partial charge in [0, 0.05) is 13.2 Å². The second kappa shape index (κ2) is 20.3. The molecule has 0 saturated carbocycles. The fraction of sp³-hybridized carbons (Fsp3) is 0.417. The van der Waals surface area contributed by atoms with Crippen molar-refractivity contribution in [1.82, 2.24) is 5.32 Å². The molecule has 0 unspecified atom stereocenters. The number of carbonyl (C=O) groups excluding carboxylic acids is 2. The van der Waals surface area contributed by atoms with Crippen LogP contribution in [0.25, 0.3) is 0 Å². The number of benzene rings is 3. The van der Waals surface area contributed by atoms with Crippen molar-refractivity contribution in [3.63, 3.8) is 0 Å². The molecular weight excluding hydrogens is 654 g/mol. The standard InChI is InChI=1S/C36H47NO11S/c1-44-31-16-12-29(13-17-31)36(28-10-6-5-7-11-28,30-14-18-32(45-2)19-15-30)48-23-9-4-3-8-22-37-35(41)47-25-27-49(42,43)26-24-46-34(40)21-20-33(38)39/h5-7,10-19,42-43H,3-4,8-9,20-27H2,1-2H3,(H,37,41)(H,38,39). The largest absolute Gasteiger partial charge is 0.497 e. The van der Waals surface area contributed by atoms with Crippen LogP contribution in [0.2, 0.25) is 0 Å². The summed E-state index contributed by atoms with van der Waals surface area (Å²) in [6, 6.07) is 25.9. The Morgan fingerprint density at radius 3 is 1.76 bits per heavy atom. The highest BCUT2D eigenvalue weighted by Gasteiger charge is 2.37. The van der Waals surface area contributed by atoms with E-state index < -0.39 is 34.2 Å². The Balaban J connectivity index is 1.44. The zero-order valence-electron chi connectivity index (χ0n) is 28.0. The number of amides is 1. The van der Waals surface area contributed by atoms with Crippen molar-refractivity contribution in [3.8, 4) is 11.5 Å². The Morgan fingerprint density at radius 2 is 1.20 bits per heavy atom. The van der Waals surface area contributed by atoms with E-state index in [0.29, 0.717) is 13.2 Å². The molecule has 13 heteroatoms. The summed E-state index contributed by atoms with van der Waals surface area (Å²) in [5.74, 6) is -0.790. The van der Waals surface area contributed by atoms with Gasteiger partial charge in [-0.25, -0.2) is 4.79 Å². The van der Waals surface area contributed by atoms with Crippen LogP contribution >= 0.6 is 10.6 Å². The minimum absolute atomic E-state index is 0.204. The van der Waals surface area contributed by atoms with E-state index in [2.05, 4.69) is 17.4 Å². The molecule has 4 N–H and O–H groups in total. The second-order valence-electron chi connectivity index (χ2n) is 11.2. The molecule has 268 valence electrons. The molecule has 3 rings (SSSR count). The number of alkyl carbamates (subject to hydrolysis) is 1. The zero-order chi connectivity index (χ0) is 35.5. The van der Waals surface area contributed by atoms with Gasteiger partial charge in [0.1, 0.15) is 30.3 Å². The van der Waals surface area contributed by atoms with Gasteiger partial charge in [-0.1, -0.05) is 67.4 Å². The molecule has 0 aromatic heterocycles. The third-order valence-electron chi connectivity index (χ3n) is 7.69. The van der Waals surface area contributed by atoms with Crippen LogP contribution in [0.15, 0.2) is 78.9 Å². The monoisotopic (exact) mass is 701 g/mol. The highest BCUT2D eigenvalue weighted by atomic mass is 32.3. The highest BCUT2D eigenvalue weighted by molar-refractivity contribution is 8.24. The molecule has 0 radical (unpaired) electrons. The van der Waals surface area contributed by atoms with Crippen molar-refractivity contribution in [2.45, 2.75) is 44.1 Å². The topological polar surface area (TPSA) is 170 Å². The van der Waals surface area contributed by atoms with Crippen LogP contribution in [0.4, 0.5) is 4.79 Å². The van der Waals surface area contributed by atoms with Crippen molar-refractivity contribution in [2.75, 3.05) is 52.1 Å². The fourth-order valence-corrected chi connectivity index (χ4v) is 5.97. The number of aliphatic carboxylic acids is 1. The van der Waals surface area contributed by atoms with Gasteiger partial charge in [-0.15, -0.1) is 0 Å². The van der Waals surface area contributed by atoms with Crippen LogP contribution in [0.3, 0.4) is 0 Å². The van der Waals surface area contributed by atoms with Gasteiger partial charge in [-0.3, -0.25) is 18.7 Å². The van der Waals surface area contributed by atoms with E-state index in [9.17, 15) is 23.5 Å². The number of esters is 1. The maximum absolute atomic E-state index is 12.0. The number of carboxylic acid groups (broad SMARTS) is 1. The molecule has 0 spiro atoms.